The van der Waals surface area contributed by atoms with Crippen molar-refractivity contribution in [2.75, 3.05) is 6.61 Å². The Morgan fingerprint density at radius 1 is 1.19 bits per heavy atom. The fourth-order valence-corrected chi connectivity index (χ4v) is 4.66. The van der Waals surface area contributed by atoms with Crippen LogP contribution in [-0.4, -0.2) is 12.7 Å². The van der Waals surface area contributed by atoms with Crippen molar-refractivity contribution >= 4 is 13.7 Å². The van der Waals surface area contributed by atoms with Gasteiger partial charge in [0, 0.05) is 5.30 Å². The van der Waals surface area contributed by atoms with Crippen LogP contribution in [0, 0.1) is 17.8 Å². The molecular formula is C18H29O2P. The second-order valence-electron chi connectivity index (χ2n) is 6.48. The van der Waals surface area contributed by atoms with Crippen LogP contribution in [0.2, 0.25) is 0 Å². The van der Waals surface area contributed by atoms with Gasteiger partial charge in [0.25, 0.3) is 0 Å². The predicted molar refractivity (Wildman–Crippen MR) is 90.8 cm³/mol. The summed E-state index contributed by atoms with van der Waals surface area (Å²) in [7, 11) is -0.949. The molecule has 1 aromatic carbocycles. The first-order valence-corrected chi connectivity index (χ1v) is 9.44. The van der Waals surface area contributed by atoms with Crippen molar-refractivity contribution in [3.8, 4) is 0 Å². The van der Waals surface area contributed by atoms with Crippen molar-refractivity contribution < 1.29 is 9.05 Å². The molecule has 0 spiro atoms. The highest BCUT2D eigenvalue weighted by molar-refractivity contribution is 7.56. The highest BCUT2D eigenvalue weighted by Gasteiger charge is 2.34. The standard InChI is InChI=1S/C18H29O2P/c1-5-19-21(16-9-7-6-8-10-16)20-18-13-15(4)11-12-17(18)14(2)3/h6-10,14-15,17-18H,5,11-13H2,1-4H3. The number of benzene rings is 1. The molecular weight excluding hydrogens is 279 g/mol. The third kappa shape index (κ3) is 4.77. The van der Waals surface area contributed by atoms with Gasteiger partial charge in [0.15, 0.2) is 0 Å². The second-order valence-corrected chi connectivity index (χ2v) is 7.98. The van der Waals surface area contributed by atoms with Crippen LogP contribution in [0.1, 0.15) is 47.0 Å². The zero-order chi connectivity index (χ0) is 15.2. The summed E-state index contributed by atoms with van der Waals surface area (Å²) in [6.07, 6.45) is 4.13. The molecule has 2 nitrogen and oxygen atoms in total. The third-order valence-electron chi connectivity index (χ3n) is 4.41. The number of hydrogen-bond acceptors (Lipinski definition) is 2. The maximum atomic E-state index is 6.50. The van der Waals surface area contributed by atoms with E-state index in [1.54, 1.807) is 0 Å². The van der Waals surface area contributed by atoms with Crippen LogP contribution in [0.25, 0.3) is 0 Å². The van der Waals surface area contributed by atoms with Crippen LogP contribution in [0.5, 0.6) is 0 Å². The van der Waals surface area contributed by atoms with Gasteiger partial charge in [-0.3, -0.25) is 0 Å². The van der Waals surface area contributed by atoms with Gasteiger partial charge in [-0.2, -0.15) is 0 Å². The summed E-state index contributed by atoms with van der Waals surface area (Å²) in [6.45, 7) is 9.74. The van der Waals surface area contributed by atoms with E-state index in [1.165, 1.54) is 24.6 Å². The third-order valence-corrected chi connectivity index (χ3v) is 6.08. The molecule has 1 aliphatic carbocycles. The summed E-state index contributed by atoms with van der Waals surface area (Å²) in [5, 5.41) is 1.19. The largest absolute Gasteiger partial charge is 0.331 e. The molecule has 1 aliphatic rings. The van der Waals surface area contributed by atoms with Crippen molar-refractivity contribution in [2.45, 2.75) is 53.1 Å². The molecule has 0 amide bonds. The maximum absolute atomic E-state index is 6.50. The molecule has 0 aliphatic heterocycles. The highest BCUT2D eigenvalue weighted by Crippen LogP contribution is 2.45. The van der Waals surface area contributed by atoms with Crippen LogP contribution < -0.4 is 5.30 Å². The quantitative estimate of drug-likeness (QED) is 0.678. The Labute approximate surface area is 131 Å². The van der Waals surface area contributed by atoms with E-state index < -0.39 is 8.38 Å². The van der Waals surface area contributed by atoms with E-state index >= 15 is 0 Å². The highest BCUT2D eigenvalue weighted by atomic mass is 31.2. The summed E-state index contributed by atoms with van der Waals surface area (Å²) < 4.78 is 12.4. The molecule has 3 heteroatoms. The van der Waals surface area contributed by atoms with Crippen molar-refractivity contribution in [2.24, 2.45) is 17.8 Å². The van der Waals surface area contributed by atoms with Crippen molar-refractivity contribution in [3.05, 3.63) is 30.3 Å². The van der Waals surface area contributed by atoms with Crippen LogP contribution in [0.3, 0.4) is 0 Å². The molecule has 0 heterocycles. The second kappa shape index (κ2) is 8.27. The van der Waals surface area contributed by atoms with Gasteiger partial charge in [-0.15, -0.1) is 0 Å². The molecule has 0 saturated heterocycles. The lowest BCUT2D eigenvalue weighted by Gasteiger charge is -2.38. The topological polar surface area (TPSA) is 18.5 Å². The molecule has 0 bridgehead atoms. The van der Waals surface area contributed by atoms with Gasteiger partial charge in [-0.25, -0.2) is 0 Å². The SMILES string of the molecule is CCOP(OC1CC(C)CCC1C(C)C)c1ccccc1. The molecule has 1 aromatic rings. The zero-order valence-electron chi connectivity index (χ0n) is 13.8. The molecule has 0 N–H and O–H groups in total. The Bertz CT molecular complexity index is 407. The van der Waals surface area contributed by atoms with E-state index in [4.69, 9.17) is 9.05 Å². The van der Waals surface area contributed by atoms with E-state index in [2.05, 4.69) is 45.0 Å². The summed E-state index contributed by atoms with van der Waals surface area (Å²) >= 11 is 0. The van der Waals surface area contributed by atoms with Gasteiger partial charge in [0.2, 0.25) is 8.38 Å². The first kappa shape index (κ1) is 16.9. The summed E-state index contributed by atoms with van der Waals surface area (Å²) in [6, 6.07) is 10.4. The van der Waals surface area contributed by atoms with E-state index in [-0.39, 0.29) is 0 Å². The lowest BCUT2D eigenvalue weighted by molar-refractivity contribution is 0.0453. The van der Waals surface area contributed by atoms with Crippen LogP contribution in [-0.2, 0) is 9.05 Å². The molecule has 4 atom stereocenters. The fourth-order valence-electron chi connectivity index (χ4n) is 3.19. The van der Waals surface area contributed by atoms with E-state index in [0.29, 0.717) is 24.5 Å². The maximum Gasteiger partial charge on any atom is 0.205 e. The average Bonchev–Trinajstić information content (AvgIpc) is 2.47. The Kier molecular flexibility index (Phi) is 6.67. The van der Waals surface area contributed by atoms with Gasteiger partial charge in [0.05, 0.1) is 12.7 Å². The van der Waals surface area contributed by atoms with Gasteiger partial charge in [-0.05, 0) is 49.7 Å². The molecule has 1 fully saturated rings. The molecule has 118 valence electrons. The Hall–Kier alpha value is -0.430. The van der Waals surface area contributed by atoms with E-state index in [1.807, 2.05) is 13.0 Å². The first-order chi connectivity index (χ1) is 10.1. The fraction of sp³-hybridized carbons (Fsp3) is 0.667. The minimum absolute atomic E-state index is 0.339. The molecule has 21 heavy (non-hydrogen) atoms. The monoisotopic (exact) mass is 308 g/mol. The van der Waals surface area contributed by atoms with E-state index in [9.17, 15) is 0 Å². The Morgan fingerprint density at radius 2 is 1.90 bits per heavy atom. The van der Waals surface area contributed by atoms with Gasteiger partial charge >= 0.3 is 0 Å². The van der Waals surface area contributed by atoms with Gasteiger partial charge in [-0.1, -0.05) is 45.4 Å². The minimum atomic E-state index is -0.949. The Morgan fingerprint density at radius 3 is 2.52 bits per heavy atom. The summed E-state index contributed by atoms with van der Waals surface area (Å²) in [5.41, 5.74) is 0. The van der Waals surface area contributed by atoms with Gasteiger partial charge in [0.1, 0.15) is 0 Å². The predicted octanol–water partition coefficient (Wildman–Crippen LogP) is 5.14. The average molecular weight is 308 g/mol. The number of hydrogen-bond donors (Lipinski definition) is 0. The first-order valence-electron chi connectivity index (χ1n) is 8.26. The van der Waals surface area contributed by atoms with Crippen molar-refractivity contribution in [1.29, 1.82) is 0 Å². The van der Waals surface area contributed by atoms with Gasteiger partial charge < -0.3 is 9.05 Å². The Balaban J connectivity index is 2.10. The molecule has 0 radical (unpaired) electrons. The van der Waals surface area contributed by atoms with Crippen LogP contribution >= 0.6 is 8.38 Å². The van der Waals surface area contributed by atoms with Crippen LogP contribution in [0.4, 0.5) is 0 Å². The summed E-state index contributed by atoms with van der Waals surface area (Å²) in [4.78, 5) is 0. The number of rotatable bonds is 6. The molecule has 1 saturated carbocycles. The zero-order valence-corrected chi connectivity index (χ0v) is 14.7. The lowest BCUT2D eigenvalue weighted by Crippen LogP contribution is -2.34. The molecule has 4 unspecified atom stereocenters. The molecule has 0 aromatic heterocycles. The van der Waals surface area contributed by atoms with Crippen LogP contribution in [0.15, 0.2) is 30.3 Å². The van der Waals surface area contributed by atoms with Crippen molar-refractivity contribution in [3.63, 3.8) is 0 Å². The normalized spacial score (nSPS) is 27.8. The van der Waals surface area contributed by atoms with Crippen molar-refractivity contribution in [1.82, 2.24) is 0 Å². The molecule has 2 rings (SSSR count). The lowest BCUT2D eigenvalue weighted by atomic mass is 9.75. The minimum Gasteiger partial charge on any atom is -0.331 e. The summed E-state index contributed by atoms with van der Waals surface area (Å²) in [5.74, 6) is 2.10. The van der Waals surface area contributed by atoms with E-state index in [0.717, 1.165) is 5.92 Å². The smallest absolute Gasteiger partial charge is 0.205 e.